The van der Waals surface area contributed by atoms with Crippen molar-refractivity contribution in [2.45, 2.75) is 42.9 Å². The fourth-order valence-electron chi connectivity index (χ4n) is 1.89. The molecule has 0 bridgehead atoms. The summed E-state index contributed by atoms with van der Waals surface area (Å²) in [4.78, 5) is 10.6. The highest BCUT2D eigenvalue weighted by atomic mass is 32.2. The van der Waals surface area contributed by atoms with Crippen LogP contribution in [0, 0.1) is 0 Å². The predicted molar refractivity (Wildman–Crippen MR) is 61.7 cm³/mol. The van der Waals surface area contributed by atoms with E-state index in [0.717, 1.165) is 12.8 Å². The molecule has 1 aliphatic carbocycles. The van der Waals surface area contributed by atoms with Gasteiger partial charge in [-0.15, -0.1) is 5.10 Å². The number of tetrazole rings is 1. The van der Waals surface area contributed by atoms with Gasteiger partial charge in [0, 0.05) is 5.75 Å². The van der Waals surface area contributed by atoms with Gasteiger partial charge < -0.3 is 10.8 Å². The Balaban J connectivity index is 1.96. The van der Waals surface area contributed by atoms with E-state index in [-0.39, 0.29) is 5.75 Å². The van der Waals surface area contributed by atoms with Crippen LogP contribution in [0.3, 0.4) is 0 Å². The normalized spacial score (nSPS) is 18.4. The van der Waals surface area contributed by atoms with Crippen LogP contribution < -0.4 is 5.73 Å². The van der Waals surface area contributed by atoms with Crippen LogP contribution in [-0.4, -0.2) is 43.1 Å². The molecule has 0 spiro atoms. The Labute approximate surface area is 103 Å². The van der Waals surface area contributed by atoms with Crippen molar-refractivity contribution in [2.24, 2.45) is 5.73 Å². The van der Waals surface area contributed by atoms with Crippen LogP contribution in [0.25, 0.3) is 0 Å². The Kier molecular flexibility index (Phi) is 3.95. The number of carbonyl (C=O) groups is 1. The minimum absolute atomic E-state index is 0.280. The molecule has 0 radical (unpaired) electrons. The molecule has 17 heavy (non-hydrogen) atoms. The Morgan fingerprint density at radius 3 is 2.94 bits per heavy atom. The largest absolute Gasteiger partial charge is 0.480 e. The molecule has 8 heteroatoms. The summed E-state index contributed by atoms with van der Waals surface area (Å²) in [5.41, 5.74) is 5.44. The van der Waals surface area contributed by atoms with Crippen molar-refractivity contribution in [3.63, 3.8) is 0 Å². The summed E-state index contributed by atoms with van der Waals surface area (Å²) >= 11 is 1.30. The van der Waals surface area contributed by atoms with Gasteiger partial charge in [0.1, 0.15) is 6.04 Å². The lowest BCUT2D eigenvalue weighted by Crippen LogP contribution is -2.32. The van der Waals surface area contributed by atoms with Gasteiger partial charge in [0.25, 0.3) is 0 Å². The fourth-order valence-corrected chi connectivity index (χ4v) is 2.78. The number of carboxylic acids is 1. The predicted octanol–water partition coefficient (Wildman–Crippen LogP) is 0.292. The smallest absolute Gasteiger partial charge is 0.321 e. The van der Waals surface area contributed by atoms with Crippen molar-refractivity contribution >= 4 is 17.7 Å². The van der Waals surface area contributed by atoms with Crippen LogP contribution in [-0.2, 0) is 4.79 Å². The minimum Gasteiger partial charge on any atom is -0.480 e. The number of aromatic nitrogens is 4. The van der Waals surface area contributed by atoms with E-state index in [1.54, 1.807) is 4.68 Å². The van der Waals surface area contributed by atoms with Crippen LogP contribution in [0.2, 0.25) is 0 Å². The lowest BCUT2D eigenvalue weighted by atomic mass is 10.3. The lowest BCUT2D eigenvalue weighted by molar-refractivity contribution is -0.137. The molecule has 1 heterocycles. The van der Waals surface area contributed by atoms with Crippen molar-refractivity contribution in [1.29, 1.82) is 0 Å². The van der Waals surface area contributed by atoms with Crippen LogP contribution in [0.4, 0.5) is 0 Å². The average Bonchev–Trinajstić information content (AvgIpc) is 2.95. The van der Waals surface area contributed by atoms with E-state index in [0.29, 0.717) is 11.2 Å². The molecule has 0 amide bonds. The number of nitrogens with zero attached hydrogens (tertiary/aromatic N) is 4. The molecule has 0 aliphatic heterocycles. The SMILES string of the molecule is NC(CSc1nnnn1C1CCCC1)C(=O)O. The molecular weight excluding hydrogens is 242 g/mol. The summed E-state index contributed by atoms with van der Waals surface area (Å²) in [5, 5.41) is 20.9. The molecule has 1 unspecified atom stereocenters. The van der Waals surface area contributed by atoms with Gasteiger partial charge in [-0.05, 0) is 23.3 Å². The summed E-state index contributed by atoms with van der Waals surface area (Å²) in [6.45, 7) is 0. The molecule has 3 N–H and O–H groups in total. The standard InChI is InChI=1S/C9H15N5O2S/c10-7(8(15)16)5-17-9-11-12-13-14(9)6-3-1-2-4-6/h6-7H,1-5,10H2,(H,15,16). The molecule has 1 saturated carbocycles. The number of carboxylic acid groups (broad SMARTS) is 1. The van der Waals surface area contributed by atoms with Crippen molar-refractivity contribution in [2.75, 3.05) is 5.75 Å². The number of aliphatic carboxylic acids is 1. The first-order chi connectivity index (χ1) is 8.18. The van der Waals surface area contributed by atoms with Gasteiger partial charge in [-0.3, -0.25) is 4.79 Å². The van der Waals surface area contributed by atoms with Crippen molar-refractivity contribution < 1.29 is 9.90 Å². The summed E-state index contributed by atoms with van der Waals surface area (Å²) in [5.74, 6) is -0.722. The Bertz CT molecular complexity index is 390. The highest BCUT2D eigenvalue weighted by molar-refractivity contribution is 7.99. The zero-order valence-corrected chi connectivity index (χ0v) is 10.1. The van der Waals surface area contributed by atoms with E-state index >= 15 is 0 Å². The van der Waals surface area contributed by atoms with Gasteiger partial charge in [0.2, 0.25) is 5.16 Å². The van der Waals surface area contributed by atoms with Crippen molar-refractivity contribution in [3.8, 4) is 0 Å². The topological polar surface area (TPSA) is 107 Å². The van der Waals surface area contributed by atoms with Gasteiger partial charge in [-0.25, -0.2) is 4.68 Å². The monoisotopic (exact) mass is 257 g/mol. The zero-order valence-electron chi connectivity index (χ0n) is 9.32. The molecule has 0 saturated heterocycles. The summed E-state index contributed by atoms with van der Waals surface area (Å²) in [7, 11) is 0. The van der Waals surface area contributed by atoms with Crippen molar-refractivity contribution in [1.82, 2.24) is 20.2 Å². The van der Waals surface area contributed by atoms with Crippen LogP contribution in [0.1, 0.15) is 31.7 Å². The number of thioether (sulfide) groups is 1. The van der Waals surface area contributed by atoms with Gasteiger partial charge >= 0.3 is 5.97 Å². The van der Waals surface area contributed by atoms with Gasteiger partial charge in [-0.1, -0.05) is 24.6 Å². The molecular formula is C9H15N5O2S. The van der Waals surface area contributed by atoms with E-state index in [2.05, 4.69) is 15.5 Å². The molecule has 1 aliphatic rings. The van der Waals surface area contributed by atoms with Crippen molar-refractivity contribution in [3.05, 3.63) is 0 Å². The minimum atomic E-state index is -1.00. The van der Waals surface area contributed by atoms with E-state index < -0.39 is 12.0 Å². The number of nitrogens with two attached hydrogens (primary N) is 1. The summed E-state index contributed by atoms with van der Waals surface area (Å²) in [6.07, 6.45) is 4.57. The van der Waals surface area contributed by atoms with E-state index in [1.807, 2.05) is 0 Å². The van der Waals surface area contributed by atoms with Gasteiger partial charge in [0.15, 0.2) is 0 Å². The third-order valence-corrected chi connectivity index (χ3v) is 3.90. The first-order valence-corrected chi connectivity index (χ1v) is 6.56. The summed E-state index contributed by atoms with van der Waals surface area (Å²) in [6, 6.07) is -0.526. The second-order valence-electron chi connectivity index (χ2n) is 4.10. The number of hydrogen-bond acceptors (Lipinski definition) is 6. The molecule has 1 atom stereocenters. The average molecular weight is 257 g/mol. The molecule has 1 aromatic rings. The Hall–Kier alpha value is -1.15. The van der Waals surface area contributed by atoms with E-state index in [9.17, 15) is 4.79 Å². The molecule has 1 fully saturated rings. The molecule has 7 nitrogen and oxygen atoms in total. The Morgan fingerprint density at radius 1 is 1.59 bits per heavy atom. The third kappa shape index (κ3) is 2.95. The second kappa shape index (κ2) is 5.46. The summed E-state index contributed by atoms with van der Waals surface area (Å²) < 4.78 is 1.80. The number of rotatable bonds is 5. The molecule has 0 aromatic carbocycles. The second-order valence-corrected chi connectivity index (χ2v) is 5.09. The fraction of sp³-hybridized carbons (Fsp3) is 0.778. The third-order valence-electron chi connectivity index (χ3n) is 2.84. The maximum absolute atomic E-state index is 10.6. The number of hydrogen-bond donors (Lipinski definition) is 2. The van der Waals surface area contributed by atoms with Crippen LogP contribution >= 0.6 is 11.8 Å². The highest BCUT2D eigenvalue weighted by Gasteiger charge is 2.22. The molecule has 94 valence electrons. The zero-order chi connectivity index (χ0) is 12.3. The van der Waals surface area contributed by atoms with E-state index in [4.69, 9.17) is 10.8 Å². The van der Waals surface area contributed by atoms with Crippen LogP contribution in [0.15, 0.2) is 5.16 Å². The molecule has 1 aromatic heterocycles. The maximum Gasteiger partial charge on any atom is 0.321 e. The quantitative estimate of drug-likeness (QED) is 0.730. The Morgan fingerprint density at radius 2 is 2.29 bits per heavy atom. The van der Waals surface area contributed by atoms with E-state index in [1.165, 1.54) is 24.6 Å². The van der Waals surface area contributed by atoms with Gasteiger partial charge in [-0.2, -0.15) is 0 Å². The highest BCUT2D eigenvalue weighted by Crippen LogP contribution is 2.31. The maximum atomic E-state index is 10.6. The lowest BCUT2D eigenvalue weighted by Gasteiger charge is -2.11. The molecule has 2 rings (SSSR count). The van der Waals surface area contributed by atoms with Crippen LogP contribution in [0.5, 0.6) is 0 Å². The van der Waals surface area contributed by atoms with Gasteiger partial charge in [0.05, 0.1) is 6.04 Å². The first kappa shape index (κ1) is 12.3. The first-order valence-electron chi connectivity index (χ1n) is 5.57.